The van der Waals surface area contributed by atoms with Gasteiger partial charge in [0, 0.05) is 56.8 Å². The third kappa shape index (κ3) is 4.68. The molecule has 0 spiro atoms. The molecule has 2 aliphatic heterocycles. The summed E-state index contributed by atoms with van der Waals surface area (Å²) in [6.45, 7) is 6.51. The summed E-state index contributed by atoms with van der Waals surface area (Å²) < 4.78 is 10.5. The van der Waals surface area contributed by atoms with Crippen LogP contribution in [0.25, 0.3) is 0 Å². The molecule has 0 bridgehead atoms. The molecule has 1 unspecified atom stereocenters. The number of carbonyl (C=O) groups excluding carboxylic acids is 3. The fourth-order valence-electron chi connectivity index (χ4n) is 4.11. The molecule has 0 aromatic heterocycles. The van der Waals surface area contributed by atoms with E-state index in [1.54, 1.807) is 47.1 Å². The molecule has 8 heteroatoms. The van der Waals surface area contributed by atoms with Crippen molar-refractivity contribution in [3.8, 4) is 11.5 Å². The van der Waals surface area contributed by atoms with Gasteiger partial charge in [-0.2, -0.15) is 0 Å². The first-order valence-electron chi connectivity index (χ1n) is 10.4. The van der Waals surface area contributed by atoms with Crippen LogP contribution in [0.3, 0.4) is 0 Å². The predicted molar refractivity (Wildman–Crippen MR) is 112 cm³/mol. The van der Waals surface area contributed by atoms with E-state index in [4.69, 9.17) is 9.47 Å². The molecule has 2 fully saturated rings. The number of carbonyl (C=O) groups is 3. The van der Waals surface area contributed by atoms with Crippen molar-refractivity contribution >= 4 is 17.7 Å². The third-order valence-corrected chi connectivity index (χ3v) is 5.82. The van der Waals surface area contributed by atoms with Crippen molar-refractivity contribution in [3.63, 3.8) is 0 Å². The number of likely N-dealkylation sites (tertiary alicyclic amines) is 1. The zero-order chi connectivity index (χ0) is 21.8. The van der Waals surface area contributed by atoms with E-state index in [2.05, 4.69) is 0 Å². The summed E-state index contributed by atoms with van der Waals surface area (Å²) in [6, 6.07) is 5.22. The van der Waals surface area contributed by atoms with Crippen molar-refractivity contribution in [2.24, 2.45) is 5.92 Å². The highest BCUT2D eigenvalue weighted by Gasteiger charge is 2.38. The number of benzene rings is 1. The maximum atomic E-state index is 13.0. The van der Waals surface area contributed by atoms with Crippen LogP contribution in [0, 0.1) is 5.92 Å². The van der Waals surface area contributed by atoms with Crippen LogP contribution < -0.4 is 9.47 Å². The van der Waals surface area contributed by atoms with Gasteiger partial charge < -0.3 is 24.2 Å². The number of methoxy groups -OCH3 is 2. The van der Waals surface area contributed by atoms with Gasteiger partial charge in [0.15, 0.2) is 0 Å². The first-order valence-corrected chi connectivity index (χ1v) is 10.4. The van der Waals surface area contributed by atoms with Crippen LogP contribution in [-0.4, -0.2) is 85.4 Å². The minimum absolute atomic E-state index is 0.0175. The lowest BCUT2D eigenvalue weighted by Crippen LogP contribution is -2.41. The zero-order valence-corrected chi connectivity index (χ0v) is 18.2. The Kier molecular flexibility index (Phi) is 6.84. The van der Waals surface area contributed by atoms with Crippen LogP contribution >= 0.6 is 0 Å². The van der Waals surface area contributed by atoms with Crippen LogP contribution in [-0.2, 0) is 9.59 Å². The Labute approximate surface area is 177 Å². The molecule has 0 radical (unpaired) electrons. The molecule has 2 aliphatic rings. The van der Waals surface area contributed by atoms with Gasteiger partial charge in [0.25, 0.3) is 5.91 Å². The molecule has 0 aliphatic carbocycles. The van der Waals surface area contributed by atoms with Crippen molar-refractivity contribution < 1.29 is 23.9 Å². The minimum atomic E-state index is -0.287. The molecule has 1 aromatic rings. The number of hydrogen-bond acceptors (Lipinski definition) is 5. The number of amides is 3. The molecule has 164 valence electrons. The van der Waals surface area contributed by atoms with Crippen molar-refractivity contribution in [1.82, 2.24) is 14.7 Å². The summed E-state index contributed by atoms with van der Waals surface area (Å²) in [5.41, 5.74) is 0.500. The second kappa shape index (κ2) is 9.36. The zero-order valence-electron chi connectivity index (χ0n) is 18.2. The highest BCUT2D eigenvalue weighted by atomic mass is 16.5. The standard InChI is InChI=1S/C22H31N3O5/c1-15(2)25-14-17(12-20(25)26)22(28)24-7-5-6-23(8-9-24)21(27)16-10-18(29-3)13-19(11-16)30-4/h10-11,13,15,17H,5-9,12,14H2,1-4H3. The molecular weight excluding hydrogens is 386 g/mol. The Hall–Kier alpha value is -2.77. The lowest BCUT2D eigenvalue weighted by atomic mass is 10.1. The fraction of sp³-hybridized carbons (Fsp3) is 0.591. The van der Waals surface area contributed by atoms with E-state index >= 15 is 0 Å². The Morgan fingerprint density at radius 3 is 2.13 bits per heavy atom. The summed E-state index contributed by atoms with van der Waals surface area (Å²) >= 11 is 0. The van der Waals surface area contributed by atoms with Gasteiger partial charge >= 0.3 is 0 Å². The summed E-state index contributed by atoms with van der Waals surface area (Å²) in [7, 11) is 3.10. The highest BCUT2D eigenvalue weighted by Crippen LogP contribution is 2.25. The second-order valence-corrected chi connectivity index (χ2v) is 8.11. The molecule has 2 heterocycles. The Bertz CT molecular complexity index is 788. The number of ether oxygens (including phenoxy) is 2. The quantitative estimate of drug-likeness (QED) is 0.728. The number of hydrogen-bond donors (Lipinski definition) is 0. The van der Waals surface area contributed by atoms with Gasteiger partial charge in [0.2, 0.25) is 11.8 Å². The van der Waals surface area contributed by atoms with E-state index in [-0.39, 0.29) is 36.1 Å². The van der Waals surface area contributed by atoms with E-state index in [1.807, 2.05) is 13.8 Å². The van der Waals surface area contributed by atoms with Crippen molar-refractivity contribution in [1.29, 1.82) is 0 Å². The van der Waals surface area contributed by atoms with Crippen LogP contribution in [0.5, 0.6) is 11.5 Å². The van der Waals surface area contributed by atoms with Crippen LogP contribution in [0.4, 0.5) is 0 Å². The molecule has 30 heavy (non-hydrogen) atoms. The van der Waals surface area contributed by atoms with Gasteiger partial charge in [-0.1, -0.05) is 0 Å². The van der Waals surface area contributed by atoms with E-state index in [9.17, 15) is 14.4 Å². The topological polar surface area (TPSA) is 79.4 Å². The predicted octanol–water partition coefficient (Wildman–Crippen LogP) is 1.64. The highest BCUT2D eigenvalue weighted by molar-refractivity contribution is 5.95. The van der Waals surface area contributed by atoms with Crippen molar-refractivity contribution in [2.75, 3.05) is 46.9 Å². The number of nitrogens with zero attached hydrogens (tertiary/aromatic N) is 3. The normalized spacial score (nSPS) is 19.8. The Balaban J connectivity index is 1.64. The smallest absolute Gasteiger partial charge is 0.254 e. The summed E-state index contributed by atoms with van der Waals surface area (Å²) in [5, 5.41) is 0. The summed E-state index contributed by atoms with van der Waals surface area (Å²) in [5.74, 6) is 0.786. The molecule has 1 atom stereocenters. The third-order valence-electron chi connectivity index (χ3n) is 5.82. The van der Waals surface area contributed by atoms with Crippen LogP contribution in [0.1, 0.15) is 37.0 Å². The molecule has 0 saturated carbocycles. The van der Waals surface area contributed by atoms with Crippen molar-refractivity contribution in [2.45, 2.75) is 32.7 Å². The maximum Gasteiger partial charge on any atom is 0.254 e. The largest absolute Gasteiger partial charge is 0.497 e. The molecule has 1 aromatic carbocycles. The minimum Gasteiger partial charge on any atom is -0.497 e. The van der Waals surface area contributed by atoms with Gasteiger partial charge in [0.1, 0.15) is 11.5 Å². The van der Waals surface area contributed by atoms with Crippen LogP contribution in [0.15, 0.2) is 18.2 Å². The lowest BCUT2D eigenvalue weighted by molar-refractivity contribution is -0.135. The monoisotopic (exact) mass is 417 g/mol. The first kappa shape index (κ1) is 21.9. The molecule has 3 rings (SSSR count). The summed E-state index contributed by atoms with van der Waals surface area (Å²) in [6.07, 6.45) is 0.979. The molecular formula is C22H31N3O5. The van der Waals surface area contributed by atoms with Crippen LogP contribution in [0.2, 0.25) is 0 Å². The van der Waals surface area contributed by atoms with Gasteiger partial charge in [-0.15, -0.1) is 0 Å². The maximum absolute atomic E-state index is 13.0. The van der Waals surface area contributed by atoms with Gasteiger partial charge in [-0.3, -0.25) is 14.4 Å². The lowest BCUT2D eigenvalue weighted by Gasteiger charge is -2.25. The van der Waals surface area contributed by atoms with Crippen molar-refractivity contribution in [3.05, 3.63) is 23.8 Å². The first-order chi connectivity index (χ1) is 14.3. The Morgan fingerprint density at radius 1 is 0.967 bits per heavy atom. The Morgan fingerprint density at radius 2 is 1.57 bits per heavy atom. The van der Waals surface area contributed by atoms with E-state index in [0.29, 0.717) is 56.2 Å². The molecule has 8 nitrogen and oxygen atoms in total. The average Bonchev–Trinajstić information content (AvgIpc) is 2.98. The van der Waals surface area contributed by atoms with Gasteiger partial charge in [-0.25, -0.2) is 0 Å². The van der Waals surface area contributed by atoms with Gasteiger partial charge in [0.05, 0.1) is 20.1 Å². The van der Waals surface area contributed by atoms with E-state index < -0.39 is 0 Å². The molecule has 3 amide bonds. The molecule has 0 N–H and O–H groups in total. The second-order valence-electron chi connectivity index (χ2n) is 8.11. The van der Waals surface area contributed by atoms with E-state index in [0.717, 1.165) is 0 Å². The van der Waals surface area contributed by atoms with E-state index in [1.165, 1.54) is 0 Å². The fourth-order valence-corrected chi connectivity index (χ4v) is 4.11. The summed E-state index contributed by atoms with van der Waals surface area (Å²) in [4.78, 5) is 43.5. The SMILES string of the molecule is COc1cc(OC)cc(C(=O)N2CCCN(C(=O)C3CC(=O)N(C(C)C)C3)CC2)c1. The average molecular weight is 418 g/mol. The van der Waals surface area contributed by atoms with Gasteiger partial charge in [-0.05, 0) is 32.4 Å². The number of rotatable bonds is 5. The molecule has 2 saturated heterocycles.